The van der Waals surface area contributed by atoms with Crippen LogP contribution in [0, 0.1) is 5.92 Å². The van der Waals surface area contributed by atoms with Gasteiger partial charge in [-0.25, -0.2) is 0 Å². The Balaban J connectivity index is 3.12. The van der Waals surface area contributed by atoms with Crippen molar-refractivity contribution < 1.29 is 0 Å². The highest BCUT2D eigenvalue weighted by molar-refractivity contribution is 4.86. The first-order chi connectivity index (χ1) is 5.81. The Labute approximate surface area is 77.0 Å². The minimum Gasteiger partial charge on any atom is -0.330 e. The first kappa shape index (κ1) is 11.7. The van der Waals surface area contributed by atoms with Gasteiger partial charge < -0.3 is 5.73 Å². The summed E-state index contributed by atoms with van der Waals surface area (Å²) in [5.74, 6) is 0.552. The zero-order valence-electron chi connectivity index (χ0n) is 8.55. The first-order valence-corrected chi connectivity index (χ1v) is 5.18. The summed E-state index contributed by atoms with van der Waals surface area (Å²) in [6.07, 6.45) is 11.1. The number of nitrogens with two attached hydrogens (primary N) is 1. The molecule has 0 aromatic rings. The molecule has 0 amide bonds. The van der Waals surface area contributed by atoms with Crippen LogP contribution in [0.25, 0.3) is 0 Å². The van der Waals surface area contributed by atoms with Gasteiger partial charge in [-0.1, -0.05) is 45.3 Å². The second-order valence-corrected chi connectivity index (χ2v) is 3.49. The van der Waals surface area contributed by atoms with Crippen molar-refractivity contribution in [3.8, 4) is 0 Å². The predicted molar refractivity (Wildman–Crippen MR) is 56.1 cm³/mol. The summed E-state index contributed by atoms with van der Waals surface area (Å²) in [7, 11) is 0. The van der Waals surface area contributed by atoms with Crippen LogP contribution in [0.4, 0.5) is 0 Å². The fourth-order valence-corrected chi connectivity index (χ4v) is 1.10. The average molecular weight is 169 g/mol. The Morgan fingerprint density at radius 2 is 2.00 bits per heavy atom. The zero-order valence-corrected chi connectivity index (χ0v) is 8.55. The molecule has 1 atom stereocenters. The van der Waals surface area contributed by atoms with Crippen LogP contribution in [-0.2, 0) is 0 Å². The van der Waals surface area contributed by atoms with Gasteiger partial charge in [0.25, 0.3) is 0 Å². The Morgan fingerprint density at radius 1 is 1.25 bits per heavy atom. The smallest absolute Gasteiger partial charge is 0.00168 e. The van der Waals surface area contributed by atoms with Crippen LogP contribution in [0.1, 0.15) is 46.0 Å². The van der Waals surface area contributed by atoms with E-state index in [2.05, 4.69) is 26.0 Å². The largest absolute Gasteiger partial charge is 0.330 e. The van der Waals surface area contributed by atoms with Gasteiger partial charge >= 0.3 is 0 Å². The van der Waals surface area contributed by atoms with Crippen LogP contribution < -0.4 is 5.73 Å². The van der Waals surface area contributed by atoms with Crippen molar-refractivity contribution >= 4 is 0 Å². The Kier molecular flexibility index (Phi) is 8.57. The third-order valence-corrected chi connectivity index (χ3v) is 2.06. The quantitative estimate of drug-likeness (QED) is 0.460. The van der Waals surface area contributed by atoms with Crippen LogP contribution in [0.5, 0.6) is 0 Å². The van der Waals surface area contributed by atoms with Crippen molar-refractivity contribution in [1.82, 2.24) is 0 Å². The topological polar surface area (TPSA) is 26.0 Å². The van der Waals surface area contributed by atoms with Crippen LogP contribution >= 0.6 is 0 Å². The molecule has 0 aromatic heterocycles. The highest BCUT2D eigenvalue weighted by Gasteiger charge is 1.89. The third kappa shape index (κ3) is 7.80. The van der Waals surface area contributed by atoms with Gasteiger partial charge in [0, 0.05) is 0 Å². The van der Waals surface area contributed by atoms with E-state index in [0.717, 1.165) is 6.54 Å². The van der Waals surface area contributed by atoms with Crippen molar-refractivity contribution in [2.75, 3.05) is 6.54 Å². The fourth-order valence-electron chi connectivity index (χ4n) is 1.10. The Hall–Kier alpha value is -0.300. The Morgan fingerprint density at radius 3 is 2.58 bits per heavy atom. The van der Waals surface area contributed by atoms with Gasteiger partial charge in [0.05, 0.1) is 0 Å². The zero-order chi connectivity index (χ0) is 9.23. The molecule has 0 aliphatic rings. The van der Waals surface area contributed by atoms with E-state index in [9.17, 15) is 0 Å². The molecular formula is C11H23N. The van der Waals surface area contributed by atoms with Crippen LogP contribution in [0.2, 0.25) is 0 Å². The van der Waals surface area contributed by atoms with Gasteiger partial charge in [0.2, 0.25) is 0 Å². The van der Waals surface area contributed by atoms with E-state index >= 15 is 0 Å². The van der Waals surface area contributed by atoms with Gasteiger partial charge in [0.15, 0.2) is 0 Å². The van der Waals surface area contributed by atoms with Crippen molar-refractivity contribution in [3.63, 3.8) is 0 Å². The van der Waals surface area contributed by atoms with Gasteiger partial charge in [-0.3, -0.25) is 0 Å². The molecule has 12 heavy (non-hydrogen) atoms. The average Bonchev–Trinajstić information content (AvgIpc) is 2.10. The van der Waals surface area contributed by atoms with Crippen LogP contribution in [0.15, 0.2) is 12.2 Å². The van der Waals surface area contributed by atoms with E-state index in [-0.39, 0.29) is 0 Å². The van der Waals surface area contributed by atoms with Gasteiger partial charge in [-0.15, -0.1) is 0 Å². The van der Waals surface area contributed by atoms with Crippen molar-refractivity contribution in [3.05, 3.63) is 12.2 Å². The summed E-state index contributed by atoms with van der Waals surface area (Å²) in [5, 5.41) is 0. The van der Waals surface area contributed by atoms with E-state index in [1.54, 1.807) is 0 Å². The lowest BCUT2D eigenvalue weighted by atomic mass is 10.1. The molecule has 1 nitrogen and oxygen atoms in total. The molecule has 1 heteroatoms. The minimum absolute atomic E-state index is 0.552. The van der Waals surface area contributed by atoms with E-state index in [1.807, 2.05) is 0 Å². The second-order valence-electron chi connectivity index (χ2n) is 3.49. The van der Waals surface area contributed by atoms with Gasteiger partial charge in [0.1, 0.15) is 0 Å². The fraction of sp³-hybridized carbons (Fsp3) is 0.818. The molecule has 0 aliphatic carbocycles. The van der Waals surface area contributed by atoms with E-state index in [0.29, 0.717) is 5.92 Å². The lowest BCUT2D eigenvalue weighted by Crippen LogP contribution is -2.07. The molecule has 0 aliphatic heterocycles. The van der Waals surface area contributed by atoms with E-state index in [1.165, 1.54) is 32.1 Å². The lowest BCUT2D eigenvalue weighted by molar-refractivity contribution is 0.669. The maximum absolute atomic E-state index is 5.48. The molecule has 2 N–H and O–H groups in total. The lowest BCUT2D eigenvalue weighted by Gasteiger charge is -1.99. The molecule has 0 bridgehead atoms. The van der Waals surface area contributed by atoms with Gasteiger partial charge in [-0.2, -0.15) is 0 Å². The van der Waals surface area contributed by atoms with Crippen LogP contribution in [0.3, 0.4) is 0 Å². The molecule has 72 valence electrons. The number of hydrogen-bond acceptors (Lipinski definition) is 1. The normalized spacial score (nSPS) is 13.9. The molecule has 0 heterocycles. The molecule has 0 unspecified atom stereocenters. The molecule has 0 aromatic carbocycles. The summed E-state index contributed by atoms with van der Waals surface area (Å²) in [5.41, 5.74) is 5.48. The monoisotopic (exact) mass is 169 g/mol. The molecule has 0 saturated carbocycles. The number of rotatable bonds is 7. The van der Waals surface area contributed by atoms with E-state index < -0.39 is 0 Å². The minimum atomic E-state index is 0.552. The molecule has 0 fully saturated rings. The van der Waals surface area contributed by atoms with E-state index in [4.69, 9.17) is 5.73 Å². The standard InChI is InChI=1S/C11H23N/c1-3-4-5-6-7-8-9-11(2)10-12/h8-9,11H,3-7,10,12H2,1-2H3/b9-8+/t11-/m0/s1. The SMILES string of the molecule is CCCCCC/C=C/[C@H](C)CN. The van der Waals surface area contributed by atoms with Crippen LogP contribution in [-0.4, -0.2) is 6.54 Å². The number of unbranched alkanes of at least 4 members (excludes halogenated alkanes) is 4. The Bertz CT molecular complexity index is 108. The highest BCUT2D eigenvalue weighted by atomic mass is 14.5. The molecular weight excluding hydrogens is 146 g/mol. The molecule has 0 rings (SSSR count). The summed E-state index contributed by atoms with van der Waals surface area (Å²) >= 11 is 0. The second kappa shape index (κ2) is 8.79. The summed E-state index contributed by atoms with van der Waals surface area (Å²) in [6, 6.07) is 0. The number of allylic oxidation sites excluding steroid dienone is 1. The van der Waals surface area contributed by atoms with Crippen molar-refractivity contribution in [2.24, 2.45) is 11.7 Å². The summed E-state index contributed by atoms with van der Waals surface area (Å²) in [6.45, 7) is 5.17. The highest BCUT2D eigenvalue weighted by Crippen LogP contribution is 2.04. The van der Waals surface area contributed by atoms with Gasteiger partial charge in [-0.05, 0) is 25.3 Å². The summed E-state index contributed by atoms with van der Waals surface area (Å²) < 4.78 is 0. The first-order valence-electron chi connectivity index (χ1n) is 5.18. The van der Waals surface area contributed by atoms with Crippen molar-refractivity contribution in [2.45, 2.75) is 46.0 Å². The maximum atomic E-state index is 5.48. The predicted octanol–water partition coefficient (Wildman–Crippen LogP) is 3.11. The summed E-state index contributed by atoms with van der Waals surface area (Å²) in [4.78, 5) is 0. The maximum Gasteiger partial charge on any atom is -0.00168 e. The molecule has 0 saturated heterocycles. The number of hydrogen-bond donors (Lipinski definition) is 1. The van der Waals surface area contributed by atoms with Crippen molar-refractivity contribution in [1.29, 1.82) is 0 Å². The molecule has 0 spiro atoms. The molecule has 0 radical (unpaired) electrons. The third-order valence-electron chi connectivity index (χ3n) is 2.06.